The Kier molecular flexibility index (Phi) is 4.52. The van der Waals surface area contributed by atoms with Crippen molar-refractivity contribution in [3.63, 3.8) is 0 Å². The lowest BCUT2D eigenvalue weighted by molar-refractivity contribution is 0.0793. The molecule has 0 aliphatic carbocycles. The number of aromatic amines is 1. The number of benzene rings is 1. The summed E-state index contributed by atoms with van der Waals surface area (Å²) < 4.78 is 0. The van der Waals surface area contributed by atoms with Crippen LogP contribution >= 0.6 is 11.6 Å². The third-order valence-electron chi connectivity index (χ3n) is 4.47. The van der Waals surface area contributed by atoms with Crippen molar-refractivity contribution in [3.05, 3.63) is 44.8 Å². The number of hydrogen-bond acceptors (Lipinski definition) is 3. The van der Waals surface area contributed by atoms with Crippen LogP contribution < -0.4 is 5.56 Å². The van der Waals surface area contributed by atoms with Gasteiger partial charge in [-0.05, 0) is 42.3 Å². The highest BCUT2D eigenvalue weighted by molar-refractivity contribution is 6.31. The smallest absolute Gasteiger partial charge is 0.256 e. The second-order valence-electron chi connectivity index (χ2n) is 5.96. The lowest BCUT2D eigenvalue weighted by Gasteiger charge is -2.30. The van der Waals surface area contributed by atoms with Gasteiger partial charge in [-0.3, -0.25) is 9.69 Å². The fourth-order valence-electron chi connectivity index (χ4n) is 3.19. The Bertz CT molecular complexity index is 733. The predicted molar refractivity (Wildman–Crippen MR) is 89.5 cm³/mol. The molecular formula is C17H21ClN2O2. The monoisotopic (exact) mass is 320 g/mol. The summed E-state index contributed by atoms with van der Waals surface area (Å²) in [5.41, 5.74) is 2.09. The van der Waals surface area contributed by atoms with Gasteiger partial charge in [0.25, 0.3) is 5.56 Å². The van der Waals surface area contributed by atoms with Crippen LogP contribution in [0.2, 0.25) is 5.02 Å². The zero-order valence-corrected chi connectivity index (χ0v) is 13.5. The summed E-state index contributed by atoms with van der Waals surface area (Å²) in [6.45, 7) is 4.62. The predicted octanol–water partition coefficient (Wildman–Crippen LogP) is 2.70. The van der Waals surface area contributed by atoms with E-state index in [0.717, 1.165) is 50.0 Å². The van der Waals surface area contributed by atoms with Crippen molar-refractivity contribution < 1.29 is 5.11 Å². The van der Waals surface area contributed by atoms with E-state index in [0.29, 0.717) is 10.4 Å². The molecule has 2 heterocycles. The number of aliphatic hydroxyl groups excluding tert-OH is 1. The first kappa shape index (κ1) is 15.5. The largest absolute Gasteiger partial charge is 0.393 e. The van der Waals surface area contributed by atoms with E-state index in [1.54, 1.807) is 6.07 Å². The van der Waals surface area contributed by atoms with Crippen molar-refractivity contribution >= 4 is 22.4 Å². The number of H-pyrrole nitrogens is 1. The second kappa shape index (κ2) is 6.41. The van der Waals surface area contributed by atoms with E-state index < -0.39 is 0 Å². The summed E-state index contributed by atoms with van der Waals surface area (Å²) in [6, 6.07) is 5.52. The molecule has 118 valence electrons. The van der Waals surface area contributed by atoms with Crippen molar-refractivity contribution in [2.75, 3.05) is 13.1 Å². The summed E-state index contributed by atoms with van der Waals surface area (Å²) in [7, 11) is 0. The molecule has 0 unspecified atom stereocenters. The Balaban J connectivity index is 2.03. The molecule has 0 atom stereocenters. The average Bonchev–Trinajstić information content (AvgIpc) is 2.52. The van der Waals surface area contributed by atoms with Crippen LogP contribution in [0.15, 0.2) is 23.0 Å². The van der Waals surface area contributed by atoms with Crippen molar-refractivity contribution in [1.29, 1.82) is 0 Å². The first-order valence-electron chi connectivity index (χ1n) is 7.82. The van der Waals surface area contributed by atoms with Gasteiger partial charge >= 0.3 is 0 Å². The van der Waals surface area contributed by atoms with Gasteiger partial charge in [-0.25, -0.2) is 0 Å². The summed E-state index contributed by atoms with van der Waals surface area (Å²) in [5, 5.41) is 11.9. The number of pyridine rings is 1. The molecular weight excluding hydrogens is 300 g/mol. The maximum absolute atomic E-state index is 12.2. The van der Waals surface area contributed by atoms with Gasteiger partial charge < -0.3 is 10.1 Å². The number of fused-ring (bicyclic) bond motifs is 1. The van der Waals surface area contributed by atoms with E-state index in [1.165, 1.54) is 5.56 Å². The molecule has 5 heteroatoms. The second-order valence-corrected chi connectivity index (χ2v) is 6.40. The lowest BCUT2D eigenvalue weighted by atomic mass is 10.0. The van der Waals surface area contributed by atoms with E-state index in [9.17, 15) is 9.90 Å². The number of aryl methyl sites for hydroxylation is 1. The third kappa shape index (κ3) is 3.05. The number of nitrogens with one attached hydrogen (secondary N) is 1. The number of rotatable bonds is 3. The van der Waals surface area contributed by atoms with Crippen LogP contribution in [-0.4, -0.2) is 34.2 Å². The lowest BCUT2D eigenvalue weighted by Crippen LogP contribution is -2.35. The molecule has 0 spiro atoms. The topological polar surface area (TPSA) is 56.3 Å². The molecule has 1 saturated heterocycles. The first-order valence-corrected chi connectivity index (χ1v) is 8.20. The van der Waals surface area contributed by atoms with Gasteiger partial charge in [0.1, 0.15) is 0 Å². The fourth-order valence-corrected chi connectivity index (χ4v) is 3.37. The van der Waals surface area contributed by atoms with Crippen LogP contribution in [0.4, 0.5) is 0 Å². The maximum Gasteiger partial charge on any atom is 0.256 e. The Labute approximate surface area is 134 Å². The van der Waals surface area contributed by atoms with Crippen LogP contribution in [-0.2, 0) is 13.0 Å². The standard InChI is InChI=1S/C17H21ClN2O2/c1-2-16-15(10-20-7-5-12(21)6-8-20)13-4-3-11(18)9-14(13)17(22)19-16/h3-4,9,12,21H,2,5-8,10H2,1H3,(H,19,22). The van der Waals surface area contributed by atoms with Crippen molar-refractivity contribution in [2.45, 2.75) is 38.8 Å². The van der Waals surface area contributed by atoms with Crippen LogP contribution in [0.5, 0.6) is 0 Å². The Morgan fingerprint density at radius 2 is 2.05 bits per heavy atom. The number of nitrogens with zero attached hydrogens (tertiary/aromatic N) is 1. The quantitative estimate of drug-likeness (QED) is 0.914. The fraction of sp³-hybridized carbons (Fsp3) is 0.471. The number of hydrogen-bond donors (Lipinski definition) is 2. The molecule has 1 fully saturated rings. The van der Waals surface area contributed by atoms with Crippen LogP contribution in [0, 0.1) is 0 Å². The maximum atomic E-state index is 12.2. The average molecular weight is 321 g/mol. The van der Waals surface area contributed by atoms with Gasteiger partial charge in [-0.1, -0.05) is 24.6 Å². The van der Waals surface area contributed by atoms with Crippen LogP contribution in [0.1, 0.15) is 31.0 Å². The third-order valence-corrected chi connectivity index (χ3v) is 4.71. The van der Waals surface area contributed by atoms with Crippen molar-refractivity contribution in [2.24, 2.45) is 0 Å². The number of piperidine rings is 1. The van der Waals surface area contributed by atoms with Crippen molar-refractivity contribution in [1.82, 2.24) is 9.88 Å². The van der Waals surface area contributed by atoms with E-state index in [1.807, 2.05) is 12.1 Å². The zero-order chi connectivity index (χ0) is 15.7. The van der Waals surface area contributed by atoms with Crippen LogP contribution in [0.3, 0.4) is 0 Å². The minimum absolute atomic E-state index is 0.0767. The van der Waals surface area contributed by atoms with Gasteiger partial charge in [0.2, 0.25) is 0 Å². The van der Waals surface area contributed by atoms with Gasteiger partial charge in [0.05, 0.1) is 6.10 Å². The molecule has 0 amide bonds. The zero-order valence-electron chi connectivity index (χ0n) is 12.7. The Morgan fingerprint density at radius 3 is 2.73 bits per heavy atom. The number of likely N-dealkylation sites (tertiary alicyclic amines) is 1. The van der Waals surface area contributed by atoms with Gasteiger partial charge in [-0.15, -0.1) is 0 Å². The number of aromatic nitrogens is 1. The molecule has 22 heavy (non-hydrogen) atoms. The van der Waals surface area contributed by atoms with E-state index in [4.69, 9.17) is 11.6 Å². The number of aliphatic hydroxyl groups is 1. The minimum Gasteiger partial charge on any atom is -0.393 e. The highest BCUT2D eigenvalue weighted by Gasteiger charge is 2.19. The molecule has 1 aliphatic heterocycles. The van der Waals surface area contributed by atoms with Crippen molar-refractivity contribution in [3.8, 4) is 0 Å². The molecule has 0 bridgehead atoms. The normalized spacial score (nSPS) is 17.2. The van der Waals surface area contributed by atoms with Crippen LogP contribution in [0.25, 0.3) is 10.8 Å². The molecule has 2 aromatic rings. The van der Waals surface area contributed by atoms with Gasteiger partial charge in [-0.2, -0.15) is 0 Å². The first-order chi connectivity index (χ1) is 10.6. The number of halogens is 1. The summed E-state index contributed by atoms with van der Waals surface area (Å²) in [5.74, 6) is 0. The van der Waals surface area contributed by atoms with Gasteiger partial charge in [0.15, 0.2) is 0 Å². The minimum atomic E-state index is -0.173. The molecule has 2 N–H and O–H groups in total. The molecule has 1 aliphatic rings. The summed E-state index contributed by atoms with van der Waals surface area (Å²) in [4.78, 5) is 17.6. The van der Waals surface area contributed by atoms with E-state index >= 15 is 0 Å². The molecule has 0 radical (unpaired) electrons. The highest BCUT2D eigenvalue weighted by atomic mass is 35.5. The highest BCUT2D eigenvalue weighted by Crippen LogP contribution is 2.24. The molecule has 4 nitrogen and oxygen atoms in total. The molecule has 0 saturated carbocycles. The Hall–Kier alpha value is -1.36. The van der Waals surface area contributed by atoms with E-state index in [-0.39, 0.29) is 11.7 Å². The Morgan fingerprint density at radius 1 is 1.32 bits per heavy atom. The summed E-state index contributed by atoms with van der Waals surface area (Å²) in [6.07, 6.45) is 2.25. The van der Waals surface area contributed by atoms with E-state index in [2.05, 4.69) is 16.8 Å². The molecule has 3 rings (SSSR count). The molecule has 1 aromatic carbocycles. The summed E-state index contributed by atoms with van der Waals surface area (Å²) >= 11 is 6.03. The molecule has 1 aromatic heterocycles. The van der Waals surface area contributed by atoms with Gasteiger partial charge in [0, 0.05) is 35.7 Å². The SMILES string of the molecule is CCc1[nH]c(=O)c2cc(Cl)ccc2c1CN1CCC(O)CC1.